The molecule has 3 aromatic rings. The van der Waals surface area contributed by atoms with Gasteiger partial charge in [-0.3, -0.25) is 14.6 Å². The molecule has 0 radical (unpaired) electrons. The van der Waals surface area contributed by atoms with Gasteiger partial charge >= 0.3 is 6.18 Å². The fourth-order valence-electron chi connectivity index (χ4n) is 4.65. The van der Waals surface area contributed by atoms with Crippen LogP contribution in [0.3, 0.4) is 0 Å². The van der Waals surface area contributed by atoms with Gasteiger partial charge in [-0.2, -0.15) is 13.2 Å². The van der Waals surface area contributed by atoms with E-state index in [0.717, 1.165) is 49.1 Å². The van der Waals surface area contributed by atoms with Gasteiger partial charge in [0.1, 0.15) is 6.04 Å². The van der Waals surface area contributed by atoms with Crippen LogP contribution in [0.5, 0.6) is 0 Å². The molecule has 8 nitrogen and oxygen atoms in total. The van der Waals surface area contributed by atoms with Gasteiger partial charge in [0.05, 0.1) is 29.0 Å². The first kappa shape index (κ1) is 40.6. The number of rotatable bonds is 10. The summed E-state index contributed by atoms with van der Waals surface area (Å²) in [6.07, 6.45) is -0.928. The Labute approximate surface area is 273 Å². The molecular formula is C28H37Cl4F3N6O2. The zero-order valence-corrected chi connectivity index (χ0v) is 26.4. The number of likely N-dealkylation sites (tertiary alicyclic amines) is 1. The largest absolute Gasteiger partial charge is 0.416 e. The van der Waals surface area contributed by atoms with E-state index >= 15 is 0 Å². The minimum Gasteiger partial charge on any atom is -0.343 e. The van der Waals surface area contributed by atoms with Crippen LogP contribution in [0.15, 0.2) is 60.8 Å². The molecule has 1 saturated heterocycles. The van der Waals surface area contributed by atoms with Crippen molar-refractivity contribution in [2.75, 3.05) is 25.0 Å². The van der Waals surface area contributed by atoms with Crippen molar-refractivity contribution >= 4 is 78.0 Å². The zero-order chi connectivity index (χ0) is 28.0. The highest BCUT2D eigenvalue weighted by Gasteiger charge is 2.30. The van der Waals surface area contributed by atoms with Gasteiger partial charge < -0.3 is 27.0 Å². The van der Waals surface area contributed by atoms with E-state index in [-0.39, 0.29) is 62.1 Å². The Morgan fingerprint density at radius 2 is 1.70 bits per heavy atom. The van der Waals surface area contributed by atoms with Crippen molar-refractivity contribution in [3.8, 4) is 0 Å². The maximum atomic E-state index is 13.3. The molecule has 2 heterocycles. The lowest BCUT2D eigenvalue weighted by Gasteiger charge is -2.22. The number of anilines is 1. The SMILES string of the molecule is Cl.Cl.Cl.Cl.NC1CCN(CCC[C@H](N)C(=O)N[C@H](Cc2ccc(C(F)(F)F)cc2)C(=O)Nc2cnc3ccccc3c2)C1. The number of carbonyl (C=O) groups excluding carboxylic acids is 2. The topological polar surface area (TPSA) is 126 Å². The quantitative estimate of drug-likeness (QED) is 0.244. The van der Waals surface area contributed by atoms with E-state index in [0.29, 0.717) is 24.1 Å². The molecule has 0 aliphatic carbocycles. The van der Waals surface area contributed by atoms with Gasteiger partial charge in [-0.1, -0.05) is 30.3 Å². The van der Waals surface area contributed by atoms with Crippen molar-refractivity contribution in [1.82, 2.24) is 15.2 Å². The van der Waals surface area contributed by atoms with Crippen LogP contribution in [0, 0.1) is 0 Å². The van der Waals surface area contributed by atoms with Crippen molar-refractivity contribution in [2.24, 2.45) is 11.5 Å². The molecule has 1 aliphatic heterocycles. The maximum absolute atomic E-state index is 13.3. The lowest BCUT2D eigenvalue weighted by Crippen LogP contribution is -2.51. The van der Waals surface area contributed by atoms with Gasteiger partial charge in [-0.25, -0.2) is 0 Å². The predicted octanol–water partition coefficient (Wildman–Crippen LogP) is 4.75. The molecule has 3 atom stereocenters. The number of pyridine rings is 1. The van der Waals surface area contributed by atoms with Crippen molar-refractivity contribution in [3.63, 3.8) is 0 Å². The Hall–Kier alpha value is -2.38. The number of carbonyl (C=O) groups is 2. The average Bonchev–Trinajstić information content (AvgIpc) is 3.32. The van der Waals surface area contributed by atoms with E-state index in [1.54, 1.807) is 6.07 Å². The number of alkyl halides is 3. The Morgan fingerprint density at radius 1 is 1.02 bits per heavy atom. The molecule has 6 N–H and O–H groups in total. The maximum Gasteiger partial charge on any atom is 0.416 e. The normalized spacial score (nSPS) is 16.0. The molecule has 2 aromatic carbocycles. The summed E-state index contributed by atoms with van der Waals surface area (Å²) in [4.78, 5) is 32.8. The summed E-state index contributed by atoms with van der Waals surface area (Å²) in [5.74, 6) is -1.03. The Kier molecular flexibility index (Phi) is 17.4. The molecule has 240 valence electrons. The summed E-state index contributed by atoms with van der Waals surface area (Å²) in [6.45, 7) is 2.52. The summed E-state index contributed by atoms with van der Waals surface area (Å²) in [6, 6.07) is 11.9. The van der Waals surface area contributed by atoms with E-state index in [1.165, 1.54) is 18.3 Å². The number of halogens is 7. The highest BCUT2D eigenvalue weighted by molar-refractivity contribution is 5.99. The molecule has 0 bridgehead atoms. The summed E-state index contributed by atoms with van der Waals surface area (Å²) >= 11 is 0. The van der Waals surface area contributed by atoms with Gasteiger partial charge in [0, 0.05) is 24.4 Å². The van der Waals surface area contributed by atoms with Crippen LogP contribution in [0.25, 0.3) is 10.9 Å². The third kappa shape index (κ3) is 11.9. The molecule has 1 unspecified atom stereocenters. The Bertz CT molecular complexity index is 1300. The Morgan fingerprint density at radius 3 is 2.33 bits per heavy atom. The van der Waals surface area contributed by atoms with Crippen molar-refractivity contribution in [3.05, 3.63) is 71.9 Å². The second-order valence-corrected chi connectivity index (χ2v) is 9.96. The summed E-state index contributed by atoms with van der Waals surface area (Å²) in [5, 5.41) is 6.28. The summed E-state index contributed by atoms with van der Waals surface area (Å²) in [5.41, 5.74) is 12.9. The lowest BCUT2D eigenvalue weighted by atomic mass is 10.0. The van der Waals surface area contributed by atoms with Crippen LogP contribution in [0.4, 0.5) is 18.9 Å². The summed E-state index contributed by atoms with van der Waals surface area (Å²) < 4.78 is 39.0. The molecule has 2 amide bonds. The summed E-state index contributed by atoms with van der Waals surface area (Å²) in [7, 11) is 0. The van der Waals surface area contributed by atoms with Gasteiger partial charge in [0.15, 0.2) is 0 Å². The molecule has 15 heteroatoms. The number of hydrogen-bond acceptors (Lipinski definition) is 6. The molecule has 4 rings (SSSR count). The lowest BCUT2D eigenvalue weighted by molar-refractivity contribution is -0.137. The highest BCUT2D eigenvalue weighted by atomic mass is 35.5. The molecule has 43 heavy (non-hydrogen) atoms. The first-order valence-corrected chi connectivity index (χ1v) is 12.9. The van der Waals surface area contributed by atoms with Crippen LogP contribution in [-0.2, 0) is 22.2 Å². The second-order valence-electron chi connectivity index (χ2n) is 9.96. The van der Waals surface area contributed by atoms with Crippen LogP contribution in [0.2, 0.25) is 0 Å². The van der Waals surface area contributed by atoms with Crippen LogP contribution >= 0.6 is 49.6 Å². The minimum atomic E-state index is -4.47. The third-order valence-electron chi connectivity index (χ3n) is 6.85. The van der Waals surface area contributed by atoms with E-state index < -0.39 is 35.6 Å². The minimum absolute atomic E-state index is 0. The third-order valence-corrected chi connectivity index (χ3v) is 6.85. The first-order chi connectivity index (χ1) is 18.6. The first-order valence-electron chi connectivity index (χ1n) is 12.9. The van der Waals surface area contributed by atoms with E-state index in [9.17, 15) is 22.8 Å². The smallest absolute Gasteiger partial charge is 0.343 e. The fourth-order valence-corrected chi connectivity index (χ4v) is 4.65. The van der Waals surface area contributed by atoms with E-state index in [4.69, 9.17) is 11.5 Å². The molecule has 0 saturated carbocycles. The fraction of sp³-hybridized carbons (Fsp3) is 0.393. The molecule has 1 fully saturated rings. The molecule has 0 spiro atoms. The standard InChI is InChI=1S/C28H33F3N6O2.4ClH/c29-28(30,31)20-9-7-18(8-10-20)14-25(27(39)35-22-15-19-4-1-2-6-24(19)34-16-22)36-26(38)23(33)5-3-12-37-13-11-21(32)17-37;;;;/h1-2,4,6-10,15-16,21,23,25H,3,5,11-14,17,32-33H2,(H,35,39)(H,36,38);4*1H/t21?,23-,25+;;;;/m0..../s1. The van der Waals surface area contributed by atoms with Crippen molar-refractivity contribution < 1.29 is 22.8 Å². The van der Waals surface area contributed by atoms with E-state index in [2.05, 4.69) is 20.5 Å². The van der Waals surface area contributed by atoms with Crippen LogP contribution in [-0.4, -0.2) is 59.5 Å². The van der Waals surface area contributed by atoms with Gasteiger partial charge in [-0.05, 0) is 62.2 Å². The number of amides is 2. The number of fused-ring (bicyclic) bond motifs is 1. The number of para-hydroxylation sites is 1. The van der Waals surface area contributed by atoms with Crippen LogP contribution < -0.4 is 22.1 Å². The Balaban J connectivity index is 0.00000441. The predicted molar refractivity (Wildman–Crippen MR) is 173 cm³/mol. The number of nitrogens with zero attached hydrogens (tertiary/aromatic N) is 2. The molecule has 1 aliphatic rings. The second kappa shape index (κ2) is 18.4. The molecular weight excluding hydrogens is 651 g/mol. The van der Waals surface area contributed by atoms with Crippen LogP contribution in [0.1, 0.15) is 30.4 Å². The number of nitrogens with one attached hydrogen (secondary N) is 2. The van der Waals surface area contributed by atoms with E-state index in [1.807, 2.05) is 24.3 Å². The number of benzene rings is 2. The van der Waals surface area contributed by atoms with Gasteiger partial charge in [0.2, 0.25) is 11.8 Å². The van der Waals surface area contributed by atoms with Gasteiger partial charge in [0.25, 0.3) is 0 Å². The monoisotopic (exact) mass is 686 g/mol. The number of nitrogens with two attached hydrogens (primary N) is 2. The molecule has 1 aromatic heterocycles. The van der Waals surface area contributed by atoms with Crippen molar-refractivity contribution in [2.45, 2.75) is 50.0 Å². The number of aromatic nitrogens is 1. The van der Waals surface area contributed by atoms with Crippen molar-refractivity contribution in [1.29, 1.82) is 0 Å². The van der Waals surface area contributed by atoms with Gasteiger partial charge in [-0.15, -0.1) is 49.6 Å². The average molecular weight is 688 g/mol. The zero-order valence-electron chi connectivity index (χ0n) is 23.1. The number of hydrogen-bond donors (Lipinski definition) is 4. The highest BCUT2D eigenvalue weighted by Crippen LogP contribution is 2.29.